The first-order valence-corrected chi connectivity index (χ1v) is 29.5. The maximum absolute atomic E-state index is 2.75. The number of hydrogen-bond donors (Lipinski definition) is 0. The summed E-state index contributed by atoms with van der Waals surface area (Å²) in [5.41, 5.74) is 26.8. The van der Waals surface area contributed by atoms with Crippen LogP contribution >= 0.6 is 11.3 Å². The molecule has 0 saturated heterocycles. The Hall–Kier alpha value is -6.36. The summed E-state index contributed by atoms with van der Waals surface area (Å²) in [6.45, 7) is 36.3. The third-order valence-corrected chi connectivity index (χ3v) is 20.4. The van der Waals surface area contributed by atoms with Crippen LogP contribution in [0.3, 0.4) is 0 Å². The van der Waals surface area contributed by atoms with Gasteiger partial charge in [0.2, 0.25) is 0 Å². The molecule has 2 aliphatic heterocycles. The monoisotopic (exact) mass is 1020 g/mol. The van der Waals surface area contributed by atoms with E-state index in [9.17, 15) is 0 Å². The van der Waals surface area contributed by atoms with E-state index in [4.69, 9.17) is 0 Å². The Labute approximate surface area is 464 Å². The molecule has 77 heavy (non-hydrogen) atoms. The molecule has 0 unspecified atom stereocenters. The van der Waals surface area contributed by atoms with Gasteiger partial charge in [-0.2, -0.15) is 0 Å². The number of benzene rings is 8. The molecule has 13 rings (SSSR count). The van der Waals surface area contributed by atoms with E-state index in [1.54, 1.807) is 0 Å². The van der Waals surface area contributed by atoms with E-state index in [0.29, 0.717) is 0 Å². The van der Waals surface area contributed by atoms with Crippen LogP contribution in [-0.2, 0) is 32.5 Å². The quantitative estimate of drug-likeness (QED) is 0.162. The molecule has 2 nitrogen and oxygen atoms in total. The minimum absolute atomic E-state index is 0.0180. The van der Waals surface area contributed by atoms with Gasteiger partial charge in [-0.15, -0.1) is 11.3 Å². The zero-order valence-corrected chi connectivity index (χ0v) is 49.4. The fraction of sp³-hybridized carbons (Fsp3) is 0.342. The van der Waals surface area contributed by atoms with Crippen LogP contribution in [0.15, 0.2) is 146 Å². The van der Waals surface area contributed by atoms with Crippen LogP contribution < -0.4 is 26.2 Å². The van der Waals surface area contributed by atoms with Gasteiger partial charge >= 0.3 is 0 Å². The molecule has 0 radical (unpaired) electrons. The molecule has 0 spiro atoms. The van der Waals surface area contributed by atoms with Crippen molar-refractivity contribution in [3.63, 3.8) is 0 Å². The maximum Gasteiger partial charge on any atom is 0.252 e. The van der Waals surface area contributed by atoms with Gasteiger partial charge in [-0.1, -0.05) is 194 Å². The lowest BCUT2D eigenvalue weighted by Crippen LogP contribution is -2.62. The summed E-state index contributed by atoms with van der Waals surface area (Å²) in [7, 11) is 0. The summed E-state index contributed by atoms with van der Waals surface area (Å²) >= 11 is 1.99. The fourth-order valence-corrected chi connectivity index (χ4v) is 15.7. The van der Waals surface area contributed by atoms with Gasteiger partial charge in [0.25, 0.3) is 6.71 Å². The Morgan fingerprint density at radius 1 is 0.468 bits per heavy atom. The van der Waals surface area contributed by atoms with Gasteiger partial charge in [0, 0.05) is 43.8 Å². The van der Waals surface area contributed by atoms with Gasteiger partial charge in [-0.05, 0) is 186 Å². The number of thiophene rings is 1. The lowest BCUT2D eigenvalue weighted by Gasteiger charge is -2.48. The fourth-order valence-electron chi connectivity index (χ4n) is 14.4. The van der Waals surface area contributed by atoms with Gasteiger partial charge in [-0.3, -0.25) is 0 Å². The Kier molecular flexibility index (Phi) is 11.0. The lowest BCUT2D eigenvalue weighted by molar-refractivity contribution is 0.332. The molecule has 0 atom stereocenters. The van der Waals surface area contributed by atoms with E-state index in [0.717, 1.165) is 19.3 Å². The van der Waals surface area contributed by atoms with Crippen LogP contribution in [0.5, 0.6) is 0 Å². The molecule has 0 saturated carbocycles. The maximum atomic E-state index is 2.75. The number of anilines is 6. The summed E-state index contributed by atoms with van der Waals surface area (Å²) < 4.78 is 2.70. The highest BCUT2D eigenvalue weighted by atomic mass is 32.1. The first kappa shape index (κ1) is 50.2. The highest BCUT2D eigenvalue weighted by Gasteiger charge is 2.48. The van der Waals surface area contributed by atoms with Crippen LogP contribution in [0.2, 0.25) is 0 Å². The number of hydrogen-bond acceptors (Lipinski definition) is 3. The third-order valence-electron chi connectivity index (χ3n) is 19.2. The summed E-state index contributed by atoms with van der Waals surface area (Å²) in [4.78, 5) is 5.49. The molecule has 3 heterocycles. The standard InChI is InChI=1S/C73H77BN2S/c1-44-22-19-20-25-49(44)46-38-61-65-62(39-46)76(59-33-28-47(68(2,3)4)40-51(59)45-23-17-16-18-24-45)66-57(32-30-50-64-53(69(5,6)7)26-21-27-63(64)77-67(50)66)74(65)58-42-55-56(73(14,15)37-36-72(55,12)13)43-60(58)75(61)48-29-31-52-54(41-48)71(10,11)35-34-70(52,8)9/h16-33,38-43H,34-37H2,1-15H3. The molecule has 0 fully saturated rings. The topological polar surface area (TPSA) is 6.48 Å². The smallest absolute Gasteiger partial charge is 0.252 e. The third kappa shape index (κ3) is 7.68. The summed E-state index contributed by atoms with van der Waals surface area (Å²) in [5, 5.41) is 2.73. The van der Waals surface area contributed by atoms with Gasteiger partial charge in [0.05, 0.1) is 16.1 Å². The molecule has 2 aliphatic carbocycles. The van der Waals surface area contributed by atoms with Crippen LogP contribution in [0.1, 0.15) is 162 Å². The number of fused-ring (bicyclic) bond motifs is 10. The molecule has 4 heteroatoms. The molecule has 8 aromatic carbocycles. The Morgan fingerprint density at radius 2 is 1.09 bits per heavy atom. The molecule has 9 aromatic rings. The van der Waals surface area contributed by atoms with Gasteiger partial charge in [0.1, 0.15) is 0 Å². The predicted octanol–water partition coefficient (Wildman–Crippen LogP) is 19.1. The molecule has 1 aromatic heterocycles. The Morgan fingerprint density at radius 3 is 1.75 bits per heavy atom. The number of nitrogens with zero attached hydrogens (tertiary/aromatic N) is 2. The molecule has 0 N–H and O–H groups in total. The molecular formula is C73H77BN2S. The van der Waals surface area contributed by atoms with Gasteiger partial charge in [0.15, 0.2) is 0 Å². The Balaban J connectivity index is 1.23. The van der Waals surface area contributed by atoms with Crippen molar-refractivity contribution in [3.8, 4) is 22.3 Å². The zero-order chi connectivity index (χ0) is 54.1. The van der Waals surface area contributed by atoms with Gasteiger partial charge in [-0.25, -0.2) is 0 Å². The highest BCUT2D eigenvalue weighted by molar-refractivity contribution is 7.26. The van der Waals surface area contributed by atoms with E-state index >= 15 is 0 Å². The predicted molar refractivity (Wildman–Crippen MR) is 337 cm³/mol. The van der Waals surface area contributed by atoms with Crippen LogP contribution in [0.4, 0.5) is 34.1 Å². The van der Waals surface area contributed by atoms with E-state index in [1.807, 2.05) is 11.3 Å². The Bertz CT molecular complexity index is 3920. The molecule has 4 aliphatic rings. The normalized spacial score (nSPS) is 17.7. The molecule has 0 amide bonds. The average Bonchev–Trinajstić information content (AvgIpc) is 3.99. The van der Waals surface area contributed by atoms with Crippen molar-refractivity contribution < 1.29 is 0 Å². The number of rotatable bonds is 4. The van der Waals surface area contributed by atoms with Gasteiger partial charge < -0.3 is 9.80 Å². The van der Waals surface area contributed by atoms with Crippen molar-refractivity contribution in [2.45, 2.75) is 162 Å². The van der Waals surface area contributed by atoms with E-state index in [1.165, 1.54) is 138 Å². The van der Waals surface area contributed by atoms with Crippen LogP contribution in [0, 0.1) is 6.92 Å². The first-order valence-electron chi connectivity index (χ1n) is 28.7. The van der Waals surface area contributed by atoms with Crippen LogP contribution in [-0.4, -0.2) is 6.71 Å². The SMILES string of the molecule is Cc1ccccc1-c1cc2c3c(c1)N(c1ccc(C(C)(C)C)cc1-c1ccccc1)c1c(ccc4c1sc1cccc(C(C)(C)C)c14)B3c1cc3c(cc1N2c1ccc2c(c1)C(C)(C)CCC2(C)C)C(C)(C)CCC3(C)C. The average molecular weight is 1030 g/mol. The van der Waals surface area contributed by atoms with Crippen molar-refractivity contribution in [2.24, 2.45) is 0 Å². The minimum Gasteiger partial charge on any atom is -0.311 e. The summed E-state index contributed by atoms with van der Waals surface area (Å²) in [6, 6.07) is 57.9. The lowest BCUT2D eigenvalue weighted by atomic mass is 9.33. The number of aryl methyl sites for hydroxylation is 1. The zero-order valence-electron chi connectivity index (χ0n) is 48.6. The van der Waals surface area contributed by atoms with E-state index < -0.39 is 0 Å². The molecule has 388 valence electrons. The van der Waals surface area contributed by atoms with Crippen LogP contribution in [0.25, 0.3) is 42.4 Å². The second-order valence-corrected chi connectivity index (χ2v) is 29.4. The first-order chi connectivity index (χ1) is 36.3. The van der Waals surface area contributed by atoms with E-state index in [-0.39, 0.29) is 39.2 Å². The van der Waals surface area contributed by atoms with Crippen molar-refractivity contribution >= 4 is 88.7 Å². The van der Waals surface area contributed by atoms with Crippen molar-refractivity contribution in [1.29, 1.82) is 0 Å². The molecule has 0 bridgehead atoms. The molecular weight excluding hydrogens is 948 g/mol. The second kappa shape index (κ2) is 16.8. The highest BCUT2D eigenvalue weighted by Crippen LogP contribution is 2.56. The largest absolute Gasteiger partial charge is 0.311 e. The summed E-state index contributed by atoms with van der Waals surface area (Å²) in [5.74, 6) is 0. The second-order valence-electron chi connectivity index (χ2n) is 28.3. The van der Waals surface area contributed by atoms with E-state index in [2.05, 4.69) is 259 Å². The summed E-state index contributed by atoms with van der Waals surface area (Å²) in [6.07, 6.45) is 4.67. The van der Waals surface area contributed by atoms with Crippen molar-refractivity contribution in [3.05, 3.63) is 185 Å². The van der Waals surface area contributed by atoms with Crippen molar-refractivity contribution in [1.82, 2.24) is 0 Å². The minimum atomic E-state index is -0.0523. The van der Waals surface area contributed by atoms with Crippen molar-refractivity contribution in [2.75, 3.05) is 9.80 Å².